The van der Waals surface area contributed by atoms with Crippen LogP contribution < -0.4 is 0 Å². The van der Waals surface area contributed by atoms with Crippen LogP contribution in [0.3, 0.4) is 0 Å². The van der Waals surface area contributed by atoms with Crippen molar-refractivity contribution in [2.75, 3.05) is 13.1 Å². The van der Waals surface area contributed by atoms with Crippen LogP contribution in [0.15, 0.2) is 30.3 Å². The van der Waals surface area contributed by atoms with E-state index < -0.39 is 17.9 Å². The number of nitrogens with zero attached hydrogens (tertiary/aromatic N) is 1. The van der Waals surface area contributed by atoms with Gasteiger partial charge in [-0.25, -0.2) is 14.1 Å². The van der Waals surface area contributed by atoms with Gasteiger partial charge in [0, 0.05) is 12.3 Å². The Labute approximate surface area is 161 Å². The van der Waals surface area contributed by atoms with Crippen molar-refractivity contribution in [3.63, 3.8) is 0 Å². The number of carboxylic acids is 1. The summed E-state index contributed by atoms with van der Waals surface area (Å²) in [7, 11) is 0. The Morgan fingerprint density at radius 2 is 1.70 bits per heavy atom. The molecular formula is C22H30NO4+. The number of Topliss-reactive ketones (excluding diaryl/α,β-unsaturated/α-hetero) is 1. The van der Waals surface area contributed by atoms with Crippen molar-refractivity contribution in [2.45, 2.75) is 63.8 Å². The molecular weight excluding hydrogens is 342 g/mol. The Morgan fingerprint density at radius 1 is 1.04 bits per heavy atom. The van der Waals surface area contributed by atoms with Gasteiger partial charge in [0.15, 0.2) is 0 Å². The van der Waals surface area contributed by atoms with Gasteiger partial charge in [0.25, 0.3) is 5.78 Å². The van der Waals surface area contributed by atoms with Crippen LogP contribution in [0.2, 0.25) is 0 Å². The lowest BCUT2D eigenvalue weighted by Crippen LogP contribution is -2.63. The van der Waals surface area contributed by atoms with Crippen molar-refractivity contribution in [1.82, 2.24) is 0 Å². The van der Waals surface area contributed by atoms with E-state index in [1.807, 2.05) is 37.3 Å². The van der Waals surface area contributed by atoms with Crippen molar-refractivity contribution in [2.24, 2.45) is 5.92 Å². The average molecular weight is 372 g/mol. The van der Waals surface area contributed by atoms with Crippen molar-refractivity contribution >= 4 is 17.7 Å². The molecule has 1 saturated carbocycles. The summed E-state index contributed by atoms with van der Waals surface area (Å²) >= 11 is 0. The number of quaternary nitrogens is 1. The number of rotatable bonds is 6. The van der Waals surface area contributed by atoms with Gasteiger partial charge in [0.1, 0.15) is 0 Å². The van der Waals surface area contributed by atoms with E-state index in [-0.39, 0.29) is 22.1 Å². The molecule has 27 heavy (non-hydrogen) atoms. The molecule has 1 saturated heterocycles. The minimum Gasteiger partial charge on any atom is -0.477 e. The quantitative estimate of drug-likeness (QED) is 0.612. The van der Waals surface area contributed by atoms with Gasteiger partial charge in [-0.1, -0.05) is 56.5 Å². The summed E-state index contributed by atoms with van der Waals surface area (Å²) in [5.74, 6) is -2.22. The molecule has 1 N–H and O–H groups in total. The zero-order chi connectivity index (χ0) is 19.4. The highest BCUT2D eigenvalue weighted by atomic mass is 16.4. The molecule has 5 heteroatoms. The number of hydrogen-bond donors (Lipinski definition) is 1. The van der Waals surface area contributed by atoms with Crippen LogP contribution in [0.4, 0.5) is 0 Å². The number of ketones is 1. The molecule has 0 aromatic heterocycles. The maximum atomic E-state index is 13.4. The normalized spacial score (nSPS) is 28.8. The van der Waals surface area contributed by atoms with Gasteiger partial charge in [-0.2, -0.15) is 0 Å². The van der Waals surface area contributed by atoms with Crippen LogP contribution in [0.25, 0.3) is 0 Å². The van der Waals surface area contributed by atoms with E-state index in [2.05, 4.69) is 0 Å². The monoisotopic (exact) mass is 372 g/mol. The lowest BCUT2D eigenvalue weighted by molar-refractivity contribution is -0.855. The molecule has 1 aromatic carbocycles. The molecule has 1 aliphatic carbocycles. The summed E-state index contributed by atoms with van der Waals surface area (Å²) in [4.78, 5) is 38.7. The number of carbonyl (C=O) groups excluding carboxylic acids is 2. The second-order valence-electron chi connectivity index (χ2n) is 8.07. The largest absolute Gasteiger partial charge is 0.477 e. The first kappa shape index (κ1) is 19.7. The van der Waals surface area contributed by atoms with E-state index in [4.69, 9.17) is 0 Å². The minimum absolute atomic E-state index is 0.208. The predicted molar refractivity (Wildman–Crippen MR) is 102 cm³/mol. The zero-order valence-corrected chi connectivity index (χ0v) is 16.1. The minimum atomic E-state index is -0.973. The Morgan fingerprint density at radius 3 is 2.30 bits per heavy atom. The maximum absolute atomic E-state index is 13.4. The van der Waals surface area contributed by atoms with Gasteiger partial charge >= 0.3 is 11.9 Å². The van der Waals surface area contributed by atoms with E-state index >= 15 is 0 Å². The van der Waals surface area contributed by atoms with E-state index in [9.17, 15) is 19.5 Å². The van der Waals surface area contributed by atoms with Crippen molar-refractivity contribution in [1.29, 1.82) is 0 Å². The Kier molecular flexibility index (Phi) is 6.10. The van der Waals surface area contributed by atoms with Gasteiger partial charge < -0.3 is 5.11 Å². The predicted octanol–water partition coefficient (Wildman–Crippen LogP) is 3.53. The molecule has 1 heterocycles. The smallest absolute Gasteiger partial charge is 0.382 e. The molecule has 5 nitrogen and oxygen atoms in total. The molecule has 146 valence electrons. The van der Waals surface area contributed by atoms with Crippen molar-refractivity contribution < 1.29 is 24.0 Å². The maximum Gasteiger partial charge on any atom is 0.382 e. The van der Waals surface area contributed by atoms with Gasteiger partial charge in [-0.05, 0) is 24.8 Å². The molecule has 3 rings (SSSR count). The van der Waals surface area contributed by atoms with E-state index in [1.165, 1.54) is 0 Å². The Hall–Kier alpha value is -2.01. The average Bonchev–Trinajstić information content (AvgIpc) is 3.09. The standard InChI is InChI=1S/C22H29NO4/c1-2-14-23(21(25)20(24)17-11-7-4-8-12-17)15-13-18(19(23)22(26)27)16-9-5-3-6-10-16/h3,5-6,9-10,17-19H,2,4,7-8,11-15H2,1H3/p+1/t18?,19-,23?/m0/s1. The summed E-state index contributed by atoms with van der Waals surface area (Å²) in [5.41, 5.74) is 0.943. The SMILES string of the molecule is CCC[N+]1(C(=O)C(=O)C2CCCCC2)CCC(c2ccccc2)[C@H]1C(=O)O. The fraction of sp³-hybridized carbons (Fsp3) is 0.591. The lowest BCUT2D eigenvalue weighted by Gasteiger charge is -2.37. The first-order valence-corrected chi connectivity index (χ1v) is 10.2. The van der Waals surface area contributed by atoms with Crippen LogP contribution in [-0.2, 0) is 14.4 Å². The molecule has 1 aliphatic heterocycles. The molecule has 3 atom stereocenters. The summed E-state index contributed by atoms with van der Waals surface area (Å²) in [5, 5.41) is 10.1. The number of likely N-dealkylation sites (tertiary alicyclic amines) is 1. The first-order valence-electron chi connectivity index (χ1n) is 10.2. The van der Waals surface area contributed by atoms with Gasteiger partial charge in [-0.3, -0.25) is 4.79 Å². The molecule has 0 bridgehead atoms. The summed E-state index contributed by atoms with van der Waals surface area (Å²) in [6, 6.07) is 8.68. The van der Waals surface area contributed by atoms with Crippen LogP contribution in [-0.4, -0.2) is 46.4 Å². The number of aliphatic carboxylic acids is 1. The first-order chi connectivity index (χ1) is 13.0. The molecule has 1 amide bonds. The van der Waals surface area contributed by atoms with Crippen LogP contribution in [0, 0.1) is 5.92 Å². The second-order valence-corrected chi connectivity index (χ2v) is 8.07. The molecule has 0 spiro atoms. The van der Waals surface area contributed by atoms with E-state index in [0.29, 0.717) is 25.9 Å². The summed E-state index contributed by atoms with van der Waals surface area (Å²) in [6.07, 6.45) is 5.88. The number of amides is 1. The van der Waals surface area contributed by atoms with Crippen LogP contribution in [0.5, 0.6) is 0 Å². The zero-order valence-electron chi connectivity index (χ0n) is 16.1. The van der Waals surface area contributed by atoms with Crippen LogP contribution >= 0.6 is 0 Å². The molecule has 0 radical (unpaired) electrons. The molecule has 2 unspecified atom stereocenters. The van der Waals surface area contributed by atoms with Crippen LogP contribution in [0.1, 0.15) is 63.4 Å². The third-order valence-electron chi connectivity index (χ3n) is 6.45. The van der Waals surface area contributed by atoms with E-state index in [0.717, 1.165) is 37.7 Å². The van der Waals surface area contributed by atoms with Gasteiger partial charge in [0.2, 0.25) is 6.04 Å². The highest BCUT2D eigenvalue weighted by Crippen LogP contribution is 2.41. The fourth-order valence-corrected chi connectivity index (χ4v) is 5.18. The van der Waals surface area contributed by atoms with E-state index in [1.54, 1.807) is 0 Å². The summed E-state index contributed by atoms with van der Waals surface area (Å²) in [6.45, 7) is 2.80. The number of carboxylic acid groups (broad SMARTS) is 1. The molecule has 2 aliphatic rings. The Balaban J connectivity index is 1.95. The highest BCUT2D eigenvalue weighted by molar-refractivity contribution is 6.34. The lowest BCUT2D eigenvalue weighted by atomic mass is 9.85. The third kappa shape index (κ3) is 3.70. The van der Waals surface area contributed by atoms with Crippen molar-refractivity contribution in [3.8, 4) is 0 Å². The number of benzene rings is 1. The number of hydrogen-bond acceptors (Lipinski definition) is 3. The number of carbonyl (C=O) groups is 3. The Bertz CT molecular complexity index is 696. The van der Waals surface area contributed by atoms with Gasteiger partial charge in [-0.15, -0.1) is 0 Å². The second kappa shape index (κ2) is 8.34. The summed E-state index contributed by atoms with van der Waals surface area (Å²) < 4.78 is -0.208. The molecule has 2 fully saturated rings. The third-order valence-corrected chi connectivity index (χ3v) is 6.45. The van der Waals surface area contributed by atoms with Crippen molar-refractivity contribution in [3.05, 3.63) is 35.9 Å². The fourth-order valence-electron chi connectivity index (χ4n) is 5.18. The van der Waals surface area contributed by atoms with Gasteiger partial charge in [0.05, 0.1) is 19.0 Å². The topological polar surface area (TPSA) is 71.4 Å². The highest BCUT2D eigenvalue weighted by Gasteiger charge is 2.59. The molecule has 1 aromatic rings.